The molecule has 2 aliphatic heterocycles. The molecule has 1 aromatic heterocycles. The van der Waals surface area contributed by atoms with Crippen LogP contribution in [0.1, 0.15) is 23.7 Å². The summed E-state index contributed by atoms with van der Waals surface area (Å²) in [5, 5.41) is 2.10. The first kappa shape index (κ1) is 15.9. The largest absolute Gasteiger partial charge is 0.489 e. The van der Waals surface area contributed by atoms with Gasteiger partial charge in [-0.3, -0.25) is 4.98 Å². The summed E-state index contributed by atoms with van der Waals surface area (Å²) < 4.78 is 5.62. The first-order valence-corrected chi connectivity index (χ1v) is 8.92. The molecular formula is C19H22N2OS. The zero-order valence-electron chi connectivity index (χ0n) is 13.9. The Kier molecular flexibility index (Phi) is 4.91. The van der Waals surface area contributed by atoms with Crippen LogP contribution in [-0.2, 0) is 13.0 Å². The molecule has 0 amide bonds. The van der Waals surface area contributed by atoms with Gasteiger partial charge >= 0.3 is 0 Å². The number of nitrogens with zero attached hydrogens (tertiary/aromatic N) is 2. The van der Waals surface area contributed by atoms with E-state index in [9.17, 15) is 0 Å². The van der Waals surface area contributed by atoms with Gasteiger partial charge < -0.3 is 9.64 Å². The lowest BCUT2D eigenvalue weighted by Gasteiger charge is -2.06. The first-order valence-electron chi connectivity index (χ1n) is 7.87. The number of aryl methyl sites for hydroxylation is 2. The maximum Gasteiger partial charge on any atom is 0.123 e. The molecule has 4 heteroatoms. The molecule has 0 saturated heterocycles. The van der Waals surface area contributed by atoms with Crippen molar-refractivity contribution in [3.63, 3.8) is 0 Å². The number of fused-ring (bicyclic) bond motifs is 2. The van der Waals surface area contributed by atoms with Crippen molar-refractivity contribution < 1.29 is 4.74 Å². The van der Waals surface area contributed by atoms with Crippen molar-refractivity contribution in [3.8, 4) is 16.9 Å². The van der Waals surface area contributed by atoms with E-state index in [0.29, 0.717) is 6.61 Å². The van der Waals surface area contributed by atoms with Crippen LogP contribution in [-0.4, -0.2) is 22.8 Å². The Morgan fingerprint density at radius 1 is 1.30 bits per heavy atom. The van der Waals surface area contributed by atoms with Crippen molar-refractivity contribution in [3.05, 3.63) is 58.9 Å². The van der Waals surface area contributed by atoms with Crippen LogP contribution in [0.3, 0.4) is 0 Å². The molecule has 2 aliphatic rings. The maximum atomic E-state index is 5.62. The summed E-state index contributed by atoms with van der Waals surface area (Å²) in [5.74, 6) is 2.15. The minimum atomic E-state index is 0.697. The third-order valence-electron chi connectivity index (χ3n) is 3.96. The minimum Gasteiger partial charge on any atom is -0.489 e. The van der Waals surface area contributed by atoms with E-state index in [1.165, 1.54) is 22.3 Å². The number of ether oxygens (including phenoxy) is 1. The number of pyridine rings is 1. The molecule has 2 aromatic rings. The molecule has 0 aliphatic carbocycles. The number of thioether (sulfide) groups is 1. The number of hydrogen-bond acceptors (Lipinski definition) is 4. The second-order valence-corrected chi connectivity index (χ2v) is 6.65. The van der Waals surface area contributed by atoms with Crippen molar-refractivity contribution in [1.29, 1.82) is 0 Å². The molecule has 120 valence electrons. The van der Waals surface area contributed by atoms with Gasteiger partial charge in [0.05, 0.1) is 5.88 Å². The zero-order valence-corrected chi connectivity index (χ0v) is 14.7. The predicted octanol–water partition coefficient (Wildman–Crippen LogP) is 4.61. The third-order valence-corrected chi connectivity index (χ3v) is 4.83. The summed E-state index contributed by atoms with van der Waals surface area (Å²) >= 11 is 1.83. The lowest BCUT2D eigenvalue weighted by atomic mass is 9.98. The molecule has 4 rings (SSSR count). The van der Waals surface area contributed by atoms with Crippen molar-refractivity contribution in [2.45, 2.75) is 26.9 Å². The van der Waals surface area contributed by atoms with E-state index < -0.39 is 0 Å². The van der Waals surface area contributed by atoms with Crippen LogP contribution >= 0.6 is 11.8 Å². The Bertz CT molecular complexity index is 727. The monoisotopic (exact) mass is 326 g/mol. The highest BCUT2D eigenvalue weighted by atomic mass is 32.2. The zero-order chi connectivity index (χ0) is 16.2. The van der Waals surface area contributed by atoms with Crippen LogP contribution in [0.2, 0.25) is 0 Å². The molecule has 3 heterocycles. The Labute approximate surface area is 142 Å². The van der Waals surface area contributed by atoms with Crippen LogP contribution in [0.4, 0.5) is 0 Å². The molecule has 0 N–H and O–H groups in total. The van der Waals surface area contributed by atoms with E-state index >= 15 is 0 Å². The fourth-order valence-corrected chi connectivity index (χ4v) is 3.32. The Morgan fingerprint density at radius 3 is 2.83 bits per heavy atom. The van der Waals surface area contributed by atoms with Crippen molar-refractivity contribution in [1.82, 2.24) is 9.88 Å². The van der Waals surface area contributed by atoms with Crippen LogP contribution < -0.4 is 4.74 Å². The van der Waals surface area contributed by atoms with Gasteiger partial charge in [0.15, 0.2) is 0 Å². The number of aromatic nitrogens is 1. The first-order chi connectivity index (χ1) is 11.2. The van der Waals surface area contributed by atoms with Gasteiger partial charge in [-0.1, -0.05) is 6.92 Å². The summed E-state index contributed by atoms with van der Waals surface area (Å²) in [6.45, 7) is 4.92. The van der Waals surface area contributed by atoms with Gasteiger partial charge in [-0.25, -0.2) is 0 Å². The summed E-state index contributed by atoms with van der Waals surface area (Å²) in [6, 6.07) is 8.61. The fraction of sp³-hybridized carbons (Fsp3) is 0.316. The lowest BCUT2D eigenvalue weighted by Crippen LogP contribution is -2.02. The maximum absolute atomic E-state index is 5.62. The smallest absolute Gasteiger partial charge is 0.123 e. The van der Waals surface area contributed by atoms with E-state index in [0.717, 1.165) is 23.7 Å². The minimum absolute atomic E-state index is 0.697. The Morgan fingerprint density at radius 2 is 2.17 bits per heavy atom. The molecule has 0 fully saturated rings. The SMILES string of the molecule is CCc1cc(-c2cc(C)c3cc2CO3)ccn1.CN1C=CSC1. The topological polar surface area (TPSA) is 25.4 Å². The van der Waals surface area contributed by atoms with Crippen molar-refractivity contribution >= 4 is 11.8 Å². The summed E-state index contributed by atoms with van der Waals surface area (Å²) in [6.07, 6.45) is 4.93. The molecular weight excluding hydrogens is 304 g/mol. The average Bonchev–Trinajstić information content (AvgIpc) is 3.22. The number of hydrogen-bond donors (Lipinski definition) is 0. The van der Waals surface area contributed by atoms with Crippen LogP contribution in [0.25, 0.3) is 11.1 Å². The van der Waals surface area contributed by atoms with E-state index in [1.807, 2.05) is 18.0 Å². The molecule has 0 radical (unpaired) electrons. The number of benzene rings is 1. The molecule has 3 nitrogen and oxygen atoms in total. The van der Waals surface area contributed by atoms with Gasteiger partial charge in [-0.15, -0.1) is 11.8 Å². The second-order valence-electron chi connectivity index (χ2n) is 5.79. The van der Waals surface area contributed by atoms with E-state index in [1.54, 1.807) is 0 Å². The molecule has 0 atom stereocenters. The van der Waals surface area contributed by atoms with Gasteiger partial charge in [0.25, 0.3) is 0 Å². The van der Waals surface area contributed by atoms with E-state index in [2.05, 4.69) is 66.7 Å². The molecule has 0 saturated carbocycles. The van der Waals surface area contributed by atoms with E-state index in [4.69, 9.17) is 4.74 Å². The van der Waals surface area contributed by atoms with Gasteiger partial charge in [0, 0.05) is 30.7 Å². The number of rotatable bonds is 2. The summed E-state index contributed by atoms with van der Waals surface area (Å²) in [7, 11) is 2.07. The van der Waals surface area contributed by atoms with Crippen LogP contribution in [0.5, 0.6) is 5.75 Å². The molecule has 0 spiro atoms. The highest BCUT2D eigenvalue weighted by Gasteiger charge is 2.16. The van der Waals surface area contributed by atoms with E-state index in [-0.39, 0.29) is 0 Å². The molecule has 1 aromatic carbocycles. The molecule has 23 heavy (non-hydrogen) atoms. The molecule has 0 unspecified atom stereocenters. The van der Waals surface area contributed by atoms with Gasteiger partial charge in [0.1, 0.15) is 12.4 Å². The van der Waals surface area contributed by atoms with Crippen molar-refractivity contribution in [2.24, 2.45) is 0 Å². The van der Waals surface area contributed by atoms with Crippen molar-refractivity contribution in [2.75, 3.05) is 12.9 Å². The van der Waals surface area contributed by atoms with Crippen LogP contribution in [0, 0.1) is 6.92 Å². The Hall–Kier alpha value is -1.94. The fourth-order valence-electron chi connectivity index (χ4n) is 2.62. The highest BCUT2D eigenvalue weighted by molar-refractivity contribution is 8.02. The van der Waals surface area contributed by atoms with Gasteiger partial charge in [-0.2, -0.15) is 0 Å². The Balaban J connectivity index is 0.000000220. The predicted molar refractivity (Wildman–Crippen MR) is 97.5 cm³/mol. The summed E-state index contributed by atoms with van der Waals surface area (Å²) in [4.78, 5) is 6.49. The second kappa shape index (κ2) is 7.09. The third kappa shape index (κ3) is 3.70. The quantitative estimate of drug-likeness (QED) is 0.805. The molecule has 2 bridgehead atoms. The van der Waals surface area contributed by atoms with Gasteiger partial charge in [-0.05, 0) is 59.7 Å². The lowest BCUT2D eigenvalue weighted by molar-refractivity contribution is 0.326. The standard InChI is InChI=1S/C15H15NO.C4H7NS/c1-3-13-7-11(4-5-16-13)14-6-10(2)15-8-12(14)9-17-15;1-5-2-3-6-4-5/h4-8H,3,9H2,1-2H3;2-3H,4H2,1H3. The van der Waals surface area contributed by atoms with Gasteiger partial charge in [0.2, 0.25) is 0 Å². The van der Waals surface area contributed by atoms with Crippen LogP contribution in [0.15, 0.2) is 42.1 Å². The average molecular weight is 326 g/mol. The normalized spacial score (nSPS) is 14.5. The highest BCUT2D eigenvalue weighted by Crippen LogP contribution is 2.35. The summed E-state index contributed by atoms with van der Waals surface area (Å²) in [5.41, 5.74) is 6.14.